The van der Waals surface area contributed by atoms with Crippen LogP contribution < -0.4 is 4.74 Å². The number of rotatable bonds is 8. The second-order valence-electron chi connectivity index (χ2n) is 3.48. The first kappa shape index (κ1) is 15.7. The lowest BCUT2D eigenvalue weighted by Crippen LogP contribution is -1.94. The summed E-state index contributed by atoms with van der Waals surface area (Å²) in [7, 11) is 4.18. The standard InChI is InChI=1S/C13H18O2S3/c1-3-9-16-17-10-4-11-18(14)13-7-5-12(15-2)6-8-13/h4-8,10H,3,9,11H2,1-2H3/b10-4+. The highest BCUT2D eigenvalue weighted by Gasteiger charge is 2.01. The smallest absolute Gasteiger partial charge is 0.118 e. The zero-order valence-electron chi connectivity index (χ0n) is 10.6. The van der Waals surface area contributed by atoms with Crippen LogP contribution in [0.4, 0.5) is 0 Å². The zero-order valence-corrected chi connectivity index (χ0v) is 13.1. The highest BCUT2D eigenvalue weighted by molar-refractivity contribution is 8.77. The van der Waals surface area contributed by atoms with Crippen molar-refractivity contribution in [1.29, 1.82) is 0 Å². The molecule has 1 rings (SSSR count). The van der Waals surface area contributed by atoms with Gasteiger partial charge in [-0.3, -0.25) is 4.21 Å². The van der Waals surface area contributed by atoms with Crippen molar-refractivity contribution in [1.82, 2.24) is 0 Å². The molecule has 1 aromatic carbocycles. The molecule has 0 aliphatic carbocycles. The Morgan fingerprint density at radius 2 is 2.06 bits per heavy atom. The fraction of sp³-hybridized carbons (Fsp3) is 0.385. The molecule has 0 aliphatic rings. The molecule has 0 N–H and O–H groups in total. The molecule has 5 heteroatoms. The summed E-state index contributed by atoms with van der Waals surface area (Å²) in [6.07, 6.45) is 3.15. The predicted molar refractivity (Wildman–Crippen MR) is 83.7 cm³/mol. The van der Waals surface area contributed by atoms with Gasteiger partial charge in [-0.15, -0.1) is 0 Å². The Morgan fingerprint density at radius 1 is 1.33 bits per heavy atom. The molecule has 0 saturated heterocycles. The Morgan fingerprint density at radius 3 is 2.67 bits per heavy atom. The summed E-state index contributed by atoms with van der Waals surface area (Å²) >= 11 is 0. The van der Waals surface area contributed by atoms with Crippen LogP contribution in [0.2, 0.25) is 0 Å². The minimum absolute atomic E-state index is 0.562. The third kappa shape index (κ3) is 5.98. The number of hydrogen-bond donors (Lipinski definition) is 0. The topological polar surface area (TPSA) is 26.3 Å². The molecule has 0 amide bonds. The van der Waals surface area contributed by atoms with E-state index in [0.717, 1.165) is 16.4 Å². The lowest BCUT2D eigenvalue weighted by atomic mass is 10.3. The van der Waals surface area contributed by atoms with Crippen molar-refractivity contribution in [2.45, 2.75) is 18.2 Å². The molecule has 0 aliphatic heterocycles. The molecule has 0 heterocycles. The van der Waals surface area contributed by atoms with Crippen LogP contribution in [0.25, 0.3) is 0 Å². The van der Waals surface area contributed by atoms with Gasteiger partial charge in [0.1, 0.15) is 5.75 Å². The summed E-state index contributed by atoms with van der Waals surface area (Å²) < 4.78 is 17.0. The van der Waals surface area contributed by atoms with Crippen molar-refractivity contribution in [2.24, 2.45) is 0 Å². The summed E-state index contributed by atoms with van der Waals surface area (Å²) in [5, 5.41) is 2.02. The van der Waals surface area contributed by atoms with Gasteiger partial charge in [-0.2, -0.15) is 0 Å². The molecule has 0 radical (unpaired) electrons. The van der Waals surface area contributed by atoms with Crippen molar-refractivity contribution in [3.8, 4) is 5.75 Å². The van der Waals surface area contributed by atoms with Crippen LogP contribution in [-0.4, -0.2) is 22.8 Å². The van der Waals surface area contributed by atoms with E-state index in [2.05, 4.69) is 6.92 Å². The van der Waals surface area contributed by atoms with Crippen LogP contribution in [0.15, 0.2) is 40.6 Å². The van der Waals surface area contributed by atoms with Gasteiger partial charge in [-0.1, -0.05) is 34.6 Å². The molecule has 1 unspecified atom stereocenters. The highest BCUT2D eigenvalue weighted by Crippen LogP contribution is 2.23. The molecular formula is C13H18O2S3. The fourth-order valence-electron chi connectivity index (χ4n) is 1.16. The number of methoxy groups -OCH3 is 1. The van der Waals surface area contributed by atoms with E-state index in [4.69, 9.17) is 4.74 Å². The van der Waals surface area contributed by atoms with E-state index in [-0.39, 0.29) is 0 Å². The first-order valence-electron chi connectivity index (χ1n) is 5.73. The summed E-state index contributed by atoms with van der Waals surface area (Å²) in [5.74, 6) is 2.50. The summed E-state index contributed by atoms with van der Waals surface area (Å²) in [6.45, 7) is 2.16. The van der Waals surface area contributed by atoms with E-state index in [0.29, 0.717) is 5.75 Å². The minimum atomic E-state index is -0.966. The van der Waals surface area contributed by atoms with E-state index in [1.54, 1.807) is 17.9 Å². The average molecular weight is 302 g/mol. The van der Waals surface area contributed by atoms with Gasteiger partial charge < -0.3 is 4.74 Å². The van der Waals surface area contributed by atoms with Crippen LogP contribution in [0.5, 0.6) is 5.75 Å². The van der Waals surface area contributed by atoms with Gasteiger partial charge in [-0.25, -0.2) is 0 Å². The second-order valence-corrected chi connectivity index (χ2v) is 7.37. The van der Waals surface area contributed by atoms with Crippen molar-refractivity contribution >= 4 is 32.4 Å². The Balaban J connectivity index is 2.35. The maximum absolute atomic E-state index is 11.9. The number of benzene rings is 1. The van der Waals surface area contributed by atoms with E-state index in [1.165, 1.54) is 6.42 Å². The molecule has 2 nitrogen and oxygen atoms in total. The Labute approximate surface area is 119 Å². The fourth-order valence-corrected chi connectivity index (χ4v) is 3.96. The maximum Gasteiger partial charge on any atom is 0.118 e. The largest absolute Gasteiger partial charge is 0.497 e. The van der Waals surface area contributed by atoms with Crippen LogP contribution >= 0.6 is 21.6 Å². The highest BCUT2D eigenvalue weighted by atomic mass is 33.1. The second kappa shape index (κ2) is 9.53. The van der Waals surface area contributed by atoms with Crippen LogP contribution in [-0.2, 0) is 10.8 Å². The molecular weight excluding hydrogens is 284 g/mol. The summed E-state index contributed by atoms with van der Waals surface area (Å²) in [4.78, 5) is 0.840. The van der Waals surface area contributed by atoms with Crippen LogP contribution in [0, 0.1) is 0 Å². The van der Waals surface area contributed by atoms with E-state index in [9.17, 15) is 4.21 Å². The zero-order chi connectivity index (χ0) is 13.2. The van der Waals surface area contributed by atoms with Crippen molar-refractivity contribution in [3.05, 3.63) is 35.7 Å². The summed E-state index contributed by atoms with van der Waals surface area (Å²) in [5.41, 5.74) is 0. The minimum Gasteiger partial charge on any atom is -0.497 e. The molecule has 1 aromatic rings. The molecule has 0 fully saturated rings. The van der Waals surface area contributed by atoms with Gasteiger partial charge in [0.25, 0.3) is 0 Å². The van der Waals surface area contributed by atoms with Gasteiger partial charge in [0.15, 0.2) is 0 Å². The SMILES string of the molecule is CCCSS/C=C/CS(=O)c1ccc(OC)cc1. The third-order valence-electron chi connectivity index (χ3n) is 2.08. The monoisotopic (exact) mass is 302 g/mol. The Kier molecular flexibility index (Phi) is 8.29. The molecule has 100 valence electrons. The van der Waals surface area contributed by atoms with Gasteiger partial charge >= 0.3 is 0 Å². The van der Waals surface area contributed by atoms with Gasteiger partial charge in [0.2, 0.25) is 0 Å². The molecule has 0 aromatic heterocycles. The van der Waals surface area contributed by atoms with E-state index in [1.807, 2.05) is 46.5 Å². The third-order valence-corrected chi connectivity index (χ3v) is 5.63. The quantitative estimate of drug-likeness (QED) is 0.533. The van der Waals surface area contributed by atoms with Gasteiger partial charge in [0, 0.05) is 16.4 Å². The maximum atomic E-state index is 11.9. The van der Waals surface area contributed by atoms with Crippen molar-refractivity contribution in [3.63, 3.8) is 0 Å². The van der Waals surface area contributed by atoms with Gasteiger partial charge in [0.05, 0.1) is 17.9 Å². The lowest BCUT2D eigenvalue weighted by molar-refractivity contribution is 0.414. The van der Waals surface area contributed by atoms with Crippen molar-refractivity contribution in [2.75, 3.05) is 18.6 Å². The van der Waals surface area contributed by atoms with E-state index < -0.39 is 10.8 Å². The van der Waals surface area contributed by atoms with Gasteiger partial charge in [-0.05, 0) is 36.1 Å². The molecule has 18 heavy (non-hydrogen) atoms. The first-order valence-corrected chi connectivity index (χ1v) is 9.43. The molecule has 1 atom stereocenters. The molecule has 0 saturated carbocycles. The molecule has 0 spiro atoms. The van der Waals surface area contributed by atoms with E-state index >= 15 is 0 Å². The number of hydrogen-bond acceptors (Lipinski definition) is 4. The van der Waals surface area contributed by atoms with Crippen molar-refractivity contribution < 1.29 is 8.95 Å². The number of ether oxygens (including phenoxy) is 1. The normalized spacial score (nSPS) is 12.8. The lowest BCUT2D eigenvalue weighted by Gasteiger charge is -2.01. The summed E-state index contributed by atoms with van der Waals surface area (Å²) in [6, 6.07) is 7.37. The first-order chi connectivity index (χ1) is 8.77. The molecule has 0 bridgehead atoms. The van der Waals surface area contributed by atoms with Crippen LogP contribution in [0.1, 0.15) is 13.3 Å². The predicted octanol–water partition coefficient (Wildman–Crippen LogP) is 4.11. The Hall–Kier alpha value is -0.390. The van der Waals surface area contributed by atoms with Crippen LogP contribution in [0.3, 0.4) is 0 Å². The average Bonchev–Trinajstić information content (AvgIpc) is 2.42. The Bertz CT molecular complexity index is 388.